The van der Waals surface area contributed by atoms with E-state index in [1.54, 1.807) is 0 Å². The van der Waals surface area contributed by atoms with Crippen LogP contribution in [0.5, 0.6) is 0 Å². The zero-order valence-electron chi connectivity index (χ0n) is 17.5. The molecule has 0 aliphatic carbocycles. The predicted molar refractivity (Wildman–Crippen MR) is 109 cm³/mol. The number of β-lactam (4-membered cyclic amide) rings is 1. The van der Waals surface area contributed by atoms with Crippen LogP contribution in [-0.4, -0.2) is 32.3 Å². The number of carbonyl (C=O) groups is 2. The van der Waals surface area contributed by atoms with Gasteiger partial charge in [-0.1, -0.05) is 51.1 Å². The van der Waals surface area contributed by atoms with E-state index < -0.39 is 14.2 Å². The summed E-state index contributed by atoms with van der Waals surface area (Å²) in [5.74, 6) is -1.08. The summed E-state index contributed by atoms with van der Waals surface area (Å²) in [5.41, 5.74) is 0.946. The fourth-order valence-corrected chi connectivity index (χ4v) is 4.51. The molecule has 1 aliphatic heterocycles. The van der Waals surface area contributed by atoms with E-state index >= 15 is 0 Å². The molecule has 1 saturated heterocycles. The van der Waals surface area contributed by atoms with Gasteiger partial charge in [0, 0.05) is 0 Å². The average Bonchev–Trinajstić information content (AvgIpc) is 2.56. The molecule has 0 radical (unpaired) electrons. The Morgan fingerprint density at radius 2 is 1.78 bits per heavy atom. The van der Waals surface area contributed by atoms with Gasteiger partial charge < -0.3 is 14.5 Å². The molecule has 0 spiro atoms. The van der Waals surface area contributed by atoms with E-state index in [9.17, 15) is 9.59 Å². The average molecular weight is 392 g/mol. The Bertz CT molecular complexity index is 669. The van der Waals surface area contributed by atoms with E-state index in [2.05, 4.69) is 39.2 Å². The van der Waals surface area contributed by atoms with Crippen LogP contribution in [0.1, 0.15) is 40.2 Å². The van der Waals surface area contributed by atoms with Crippen LogP contribution in [0.4, 0.5) is 0 Å². The lowest BCUT2D eigenvalue weighted by atomic mass is 9.79. The quantitative estimate of drug-likeness (QED) is 0.435. The van der Waals surface area contributed by atoms with Crippen LogP contribution in [0.25, 0.3) is 0 Å². The highest BCUT2D eigenvalue weighted by Crippen LogP contribution is 2.39. The first-order valence-corrected chi connectivity index (χ1v) is 12.5. The molecule has 5 nitrogen and oxygen atoms in total. The fraction of sp³-hybridized carbons (Fsp3) is 0.619. The summed E-state index contributed by atoms with van der Waals surface area (Å²) in [6, 6.07) is 9.33. The number of nitrogens with one attached hydrogen (secondary N) is 1. The number of carbonyl (C=O) groups excluding carboxylic acids is 2. The monoisotopic (exact) mass is 391 g/mol. The minimum absolute atomic E-state index is 0.0473. The van der Waals surface area contributed by atoms with Crippen LogP contribution in [-0.2, 0) is 25.4 Å². The van der Waals surface area contributed by atoms with Crippen molar-refractivity contribution in [2.45, 2.75) is 71.5 Å². The molecule has 1 unspecified atom stereocenters. The maximum atomic E-state index is 12.5. The van der Waals surface area contributed by atoms with Crippen LogP contribution in [0.15, 0.2) is 30.3 Å². The van der Waals surface area contributed by atoms with Gasteiger partial charge in [0.2, 0.25) is 5.91 Å². The molecule has 2 rings (SSSR count). The van der Waals surface area contributed by atoms with Crippen molar-refractivity contribution < 1.29 is 18.8 Å². The highest BCUT2D eigenvalue weighted by Gasteiger charge is 2.50. The molecule has 1 amide bonds. The Balaban J connectivity index is 1.96. The van der Waals surface area contributed by atoms with Crippen molar-refractivity contribution in [3.05, 3.63) is 35.9 Å². The predicted octanol–water partition coefficient (Wildman–Crippen LogP) is 3.89. The number of hydrogen-bond acceptors (Lipinski definition) is 4. The minimum atomic E-state index is -1.99. The zero-order valence-corrected chi connectivity index (χ0v) is 18.5. The molecule has 1 aromatic carbocycles. The van der Waals surface area contributed by atoms with Crippen LogP contribution in [0, 0.1) is 11.8 Å². The normalized spacial score (nSPS) is 22.4. The molecule has 27 heavy (non-hydrogen) atoms. The molecule has 0 aromatic heterocycles. The Morgan fingerprint density at radius 1 is 1.19 bits per heavy atom. The largest absolute Gasteiger partial charge is 0.461 e. The van der Waals surface area contributed by atoms with Crippen molar-refractivity contribution in [3.8, 4) is 0 Å². The van der Waals surface area contributed by atoms with Crippen LogP contribution >= 0.6 is 0 Å². The van der Waals surface area contributed by atoms with Gasteiger partial charge in [-0.05, 0) is 37.5 Å². The molecule has 1 N–H and O–H groups in total. The first-order chi connectivity index (χ1) is 12.4. The second-order valence-electron chi connectivity index (χ2n) is 9.03. The molecule has 1 heterocycles. The topological polar surface area (TPSA) is 64.6 Å². The number of rotatable bonds is 7. The summed E-state index contributed by atoms with van der Waals surface area (Å²) in [6.45, 7) is 14.9. The van der Waals surface area contributed by atoms with Gasteiger partial charge in [0.15, 0.2) is 8.32 Å². The molecule has 1 aromatic rings. The highest BCUT2D eigenvalue weighted by atomic mass is 28.4. The van der Waals surface area contributed by atoms with E-state index in [4.69, 9.17) is 9.16 Å². The SMILES string of the molecule is CC(O[Si](C)(C)C(C)(C)C)[C@H]1C(=O)N[C@H]1[C@H](C)C(=O)OCc1ccccc1. The van der Waals surface area contributed by atoms with Crippen molar-refractivity contribution in [1.29, 1.82) is 0 Å². The van der Waals surface area contributed by atoms with Crippen molar-refractivity contribution >= 4 is 20.2 Å². The number of benzene rings is 1. The van der Waals surface area contributed by atoms with Crippen molar-refractivity contribution in [2.24, 2.45) is 11.8 Å². The summed E-state index contributed by atoms with van der Waals surface area (Å²) >= 11 is 0. The summed E-state index contributed by atoms with van der Waals surface area (Å²) in [7, 11) is -1.99. The fourth-order valence-electron chi connectivity index (χ4n) is 3.08. The lowest BCUT2D eigenvalue weighted by molar-refractivity contribution is -0.156. The summed E-state index contributed by atoms with van der Waals surface area (Å²) in [4.78, 5) is 24.7. The smallest absolute Gasteiger partial charge is 0.311 e. The Kier molecular flexibility index (Phi) is 6.53. The third-order valence-corrected chi connectivity index (χ3v) is 10.5. The Hall–Kier alpha value is -1.66. The van der Waals surface area contributed by atoms with E-state index in [-0.39, 0.29) is 41.6 Å². The third-order valence-electron chi connectivity index (χ3n) is 5.93. The van der Waals surface area contributed by atoms with Gasteiger partial charge in [-0.15, -0.1) is 0 Å². The van der Waals surface area contributed by atoms with Gasteiger partial charge in [0.1, 0.15) is 6.61 Å². The summed E-state index contributed by atoms with van der Waals surface area (Å²) in [5, 5.41) is 2.94. The second-order valence-corrected chi connectivity index (χ2v) is 13.8. The van der Waals surface area contributed by atoms with E-state index in [0.717, 1.165) is 5.56 Å². The molecule has 6 heteroatoms. The maximum Gasteiger partial charge on any atom is 0.311 e. The van der Waals surface area contributed by atoms with Crippen molar-refractivity contribution in [3.63, 3.8) is 0 Å². The van der Waals surface area contributed by atoms with E-state index in [1.165, 1.54) is 0 Å². The van der Waals surface area contributed by atoms with Crippen molar-refractivity contribution in [1.82, 2.24) is 5.32 Å². The number of esters is 1. The van der Waals surface area contributed by atoms with Gasteiger partial charge in [0.05, 0.1) is 24.0 Å². The molecule has 0 saturated carbocycles. The zero-order chi connectivity index (χ0) is 20.4. The van der Waals surface area contributed by atoms with Crippen molar-refractivity contribution in [2.75, 3.05) is 0 Å². The van der Waals surface area contributed by atoms with Gasteiger partial charge in [-0.25, -0.2) is 0 Å². The van der Waals surface area contributed by atoms with E-state index in [1.807, 2.05) is 44.2 Å². The van der Waals surface area contributed by atoms with Gasteiger partial charge in [0.25, 0.3) is 0 Å². The minimum Gasteiger partial charge on any atom is -0.461 e. The summed E-state index contributed by atoms with van der Waals surface area (Å²) < 4.78 is 11.8. The lowest BCUT2D eigenvalue weighted by Gasteiger charge is -2.46. The van der Waals surface area contributed by atoms with Crippen LogP contribution < -0.4 is 5.32 Å². The van der Waals surface area contributed by atoms with Crippen LogP contribution in [0.2, 0.25) is 18.1 Å². The molecule has 4 atom stereocenters. The first kappa shape index (κ1) is 21.6. The Morgan fingerprint density at radius 3 is 2.30 bits per heavy atom. The Labute approximate surface area is 164 Å². The first-order valence-electron chi connectivity index (χ1n) is 9.63. The number of ether oxygens (including phenoxy) is 1. The molecule has 150 valence electrons. The van der Waals surface area contributed by atoms with Crippen LogP contribution in [0.3, 0.4) is 0 Å². The van der Waals surface area contributed by atoms with Gasteiger partial charge in [-0.3, -0.25) is 9.59 Å². The molecule has 1 fully saturated rings. The van der Waals surface area contributed by atoms with E-state index in [0.29, 0.717) is 0 Å². The molecule has 1 aliphatic rings. The third kappa shape index (κ3) is 4.99. The molecule has 0 bridgehead atoms. The maximum absolute atomic E-state index is 12.5. The standard InChI is InChI=1S/C21H33NO4Si/c1-14(20(24)25-13-16-11-9-8-10-12-16)18-17(19(23)22-18)15(2)26-27(6,7)21(3,4)5/h8-12,14-15,17-18H,13H2,1-7H3,(H,22,23)/t14-,15?,17+,18-/m0/s1. The summed E-state index contributed by atoms with van der Waals surface area (Å²) in [6.07, 6.45) is -0.228. The van der Waals surface area contributed by atoms with Gasteiger partial charge in [-0.2, -0.15) is 0 Å². The molecular weight excluding hydrogens is 358 g/mol. The second kappa shape index (κ2) is 8.15. The lowest BCUT2D eigenvalue weighted by Crippen LogP contribution is -2.66. The number of amides is 1. The number of hydrogen-bond donors (Lipinski definition) is 1. The molecular formula is C21H33NO4Si. The van der Waals surface area contributed by atoms with Gasteiger partial charge >= 0.3 is 5.97 Å². The highest BCUT2D eigenvalue weighted by molar-refractivity contribution is 6.74.